The largest absolute Gasteiger partial charge is 0.352 e. The lowest BCUT2D eigenvalue weighted by atomic mass is 9.50. The van der Waals surface area contributed by atoms with E-state index in [0.717, 1.165) is 43.4 Å². The molecule has 0 aromatic heterocycles. The van der Waals surface area contributed by atoms with Gasteiger partial charge in [-0.1, -0.05) is 18.6 Å². The molecule has 3 heteroatoms. The van der Waals surface area contributed by atoms with Crippen LogP contribution in [0.2, 0.25) is 0 Å². The predicted octanol–water partition coefficient (Wildman–Crippen LogP) is 4.43. The van der Waals surface area contributed by atoms with Crippen molar-refractivity contribution in [3.8, 4) is 0 Å². The summed E-state index contributed by atoms with van der Waals surface area (Å²) in [5, 5.41) is 0. The van der Waals surface area contributed by atoms with Crippen molar-refractivity contribution >= 4 is 5.78 Å². The second-order valence-corrected chi connectivity index (χ2v) is 9.27. The Morgan fingerprint density at radius 2 is 2.00 bits per heavy atom. The van der Waals surface area contributed by atoms with Crippen LogP contribution in [0.3, 0.4) is 0 Å². The van der Waals surface area contributed by atoms with Crippen LogP contribution in [0.25, 0.3) is 0 Å². The van der Waals surface area contributed by atoms with Crippen LogP contribution in [-0.4, -0.2) is 24.8 Å². The van der Waals surface area contributed by atoms with Crippen molar-refractivity contribution < 1.29 is 14.3 Å². The molecule has 0 aromatic carbocycles. The molecule has 0 amide bonds. The van der Waals surface area contributed by atoms with Crippen molar-refractivity contribution in [3.63, 3.8) is 0 Å². The summed E-state index contributed by atoms with van der Waals surface area (Å²) >= 11 is 0. The van der Waals surface area contributed by atoms with Gasteiger partial charge in [0, 0.05) is 18.9 Å². The van der Waals surface area contributed by atoms with Gasteiger partial charge in [0.2, 0.25) is 0 Å². The van der Waals surface area contributed by atoms with E-state index in [-0.39, 0.29) is 17.3 Å². The quantitative estimate of drug-likeness (QED) is 0.662. The Morgan fingerprint density at radius 1 is 1.12 bits per heavy atom. The molecule has 0 N–H and O–H groups in total. The molecule has 1 aliphatic heterocycles. The molecule has 0 saturated heterocycles. The summed E-state index contributed by atoms with van der Waals surface area (Å²) in [5.41, 5.74) is 1.61. The Morgan fingerprint density at radius 3 is 2.80 bits per heavy atom. The fraction of sp³-hybridized carbons (Fsp3) is 0.773. The molecule has 0 bridgehead atoms. The van der Waals surface area contributed by atoms with Crippen molar-refractivity contribution in [2.45, 2.75) is 70.2 Å². The third-order valence-corrected chi connectivity index (χ3v) is 8.56. The lowest BCUT2D eigenvalue weighted by Crippen LogP contribution is -2.52. The van der Waals surface area contributed by atoms with Crippen molar-refractivity contribution in [3.05, 3.63) is 23.8 Å². The number of carbonyl (C=O) groups excluding carboxylic acids is 1. The zero-order chi connectivity index (χ0) is 17.2. The highest BCUT2D eigenvalue weighted by Gasteiger charge is 2.64. The number of methoxy groups -OCH3 is 1. The van der Waals surface area contributed by atoms with Gasteiger partial charge in [-0.15, -0.1) is 0 Å². The molecule has 3 nitrogen and oxygen atoms in total. The van der Waals surface area contributed by atoms with E-state index in [4.69, 9.17) is 9.47 Å². The minimum atomic E-state index is -0.168. The lowest BCUT2D eigenvalue weighted by Gasteiger charge is -2.55. The molecule has 0 radical (unpaired) electrons. The smallest absolute Gasteiger partial charge is 0.177 e. The van der Waals surface area contributed by atoms with Gasteiger partial charge in [0.05, 0.1) is 5.60 Å². The summed E-state index contributed by atoms with van der Waals surface area (Å²) in [6.07, 6.45) is 15.5. The number of fused-ring (bicyclic) bond motifs is 6. The first kappa shape index (κ1) is 16.3. The number of hydrogen-bond acceptors (Lipinski definition) is 3. The van der Waals surface area contributed by atoms with Crippen LogP contribution in [0.1, 0.15) is 58.3 Å². The standard InChI is InChI=1S/C22H30O3/c1-21-10-7-17-16-6-4-15(23)13-14(16)3-5-18(17)19(21)8-11-22(21)12-9-20(24-2)25-22/h9,12-13,16-20H,3-8,10-11H2,1-2H3/t16-,17?,18?,19?,20?,21-,22+/m0/s1. The number of ketones is 1. The summed E-state index contributed by atoms with van der Waals surface area (Å²) in [4.78, 5) is 11.8. The van der Waals surface area contributed by atoms with Crippen LogP contribution in [0.4, 0.5) is 0 Å². The van der Waals surface area contributed by atoms with Gasteiger partial charge >= 0.3 is 0 Å². The number of hydrogen-bond donors (Lipinski definition) is 0. The van der Waals surface area contributed by atoms with Gasteiger partial charge in [-0.05, 0) is 80.8 Å². The van der Waals surface area contributed by atoms with Gasteiger partial charge < -0.3 is 9.47 Å². The fourth-order valence-corrected chi connectivity index (χ4v) is 7.33. The second-order valence-electron chi connectivity index (χ2n) is 9.27. The van der Waals surface area contributed by atoms with Gasteiger partial charge in [0.1, 0.15) is 0 Å². The van der Waals surface area contributed by atoms with E-state index in [1.54, 1.807) is 7.11 Å². The van der Waals surface area contributed by atoms with Gasteiger partial charge in [0.15, 0.2) is 12.1 Å². The fourth-order valence-electron chi connectivity index (χ4n) is 7.33. The average Bonchev–Trinajstić information content (AvgIpc) is 3.17. The normalized spacial score (nSPS) is 51.2. The van der Waals surface area contributed by atoms with Gasteiger partial charge in [-0.2, -0.15) is 0 Å². The molecule has 25 heavy (non-hydrogen) atoms. The van der Waals surface area contributed by atoms with Gasteiger partial charge in [-0.25, -0.2) is 0 Å². The van der Waals surface area contributed by atoms with Crippen molar-refractivity contribution in [2.75, 3.05) is 7.11 Å². The Labute approximate surface area is 150 Å². The first-order valence-corrected chi connectivity index (χ1v) is 10.2. The Kier molecular flexibility index (Phi) is 3.60. The maximum absolute atomic E-state index is 11.8. The molecule has 0 aromatic rings. The number of allylic oxidation sites excluding steroid dienone is 1. The van der Waals surface area contributed by atoms with E-state index in [2.05, 4.69) is 19.1 Å². The summed E-state index contributed by atoms with van der Waals surface area (Å²) < 4.78 is 11.9. The van der Waals surface area contributed by atoms with Crippen molar-refractivity contribution in [2.24, 2.45) is 29.1 Å². The average molecular weight is 342 g/mol. The molecule has 3 fully saturated rings. The van der Waals surface area contributed by atoms with Crippen LogP contribution >= 0.6 is 0 Å². The molecule has 4 aliphatic carbocycles. The topological polar surface area (TPSA) is 35.5 Å². The maximum Gasteiger partial charge on any atom is 0.177 e. The number of carbonyl (C=O) groups is 1. The van der Waals surface area contributed by atoms with Gasteiger partial charge in [0.25, 0.3) is 0 Å². The molecule has 7 atom stereocenters. The second kappa shape index (κ2) is 5.53. The molecule has 136 valence electrons. The first-order chi connectivity index (χ1) is 12.1. The van der Waals surface area contributed by atoms with E-state index in [1.165, 1.54) is 31.3 Å². The third kappa shape index (κ3) is 2.15. The van der Waals surface area contributed by atoms with Gasteiger partial charge in [-0.3, -0.25) is 4.79 Å². The highest BCUT2D eigenvalue weighted by Crippen LogP contribution is 2.67. The summed E-state index contributed by atoms with van der Waals surface area (Å²) in [5.74, 6) is 3.41. The minimum absolute atomic E-state index is 0.109. The highest BCUT2D eigenvalue weighted by atomic mass is 16.7. The first-order valence-electron chi connectivity index (χ1n) is 10.2. The maximum atomic E-state index is 11.8. The summed E-state index contributed by atoms with van der Waals surface area (Å²) in [7, 11) is 1.74. The Hall–Kier alpha value is -0.930. The third-order valence-electron chi connectivity index (χ3n) is 8.56. The van der Waals surface area contributed by atoms with E-state index in [1.807, 2.05) is 6.08 Å². The molecule has 1 spiro atoms. The van der Waals surface area contributed by atoms with Crippen LogP contribution in [0.5, 0.6) is 0 Å². The van der Waals surface area contributed by atoms with E-state index >= 15 is 0 Å². The molecular formula is C22H30O3. The summed E-state index contributed by atoms with van der Waals surface area (Å²) in [6, 6.07) is 0. The van der Waals surface area contributed by atoms with Crippen LogP contribution in [0, 0.1) is 29.1 Å². The molecule has 5 aliphatic rings. The van der Waals surface area contributed by atoms with E-state index in [0.29, 0.717) is 11.7 Å². The minimum Gasteiger partial charge on any atom is -0.352 e. The van der Waals surface area contributed by atoms with Crippen molar-refractivity contribution in [1.82, 2.24) is 0 Å². The number of ether oxygens (including phenoxy) is 2. The summed E-state index contributed by atoms with van der Waals surface area (Å²) in [6.45, 7) is 2.49. The molecule has 4 unspecified atom stereocenters. The molecule has 1 heterocycles. The van der Waals surface area contributed by atoms with Crippen LogP contribution < -0.4 is 0 Å². The SMILES string of the molecule is COC1C=C[C@@]2(CCC3C4CCC5=CC(=O)CC[C@@H]5C4CC[C@@]32C)O1. The van der Waals surface area contributed by atoms with Crippen molar-refractivity contribution in [1.29, 1.82) is 0 Å². The van der Waals surface area contributed by atoms with Crippen LogP contribution in [0.15, 0.2) is 23.8 Å². The Balaban J connectivity index is 1.43. The lowest BCUT2D eigenvalue weighted by molar-refractivity contribution is -0.191. The number of rotatable bonds is 1. The molecule has 3 saturated carbocycles. The Bertz CT molecular complexity index is 650. The zero-order valence-corrected chi connectivity index (χ0v) is 15.5. The molecule has 5 rings (SSSR count). The van der Waals surface area contributed by atoms with E-state index in [9.17, 15) is 4.79 Å². The van der Waals surface area contributed by atoms with E-state index < -0.39 is 0 Å². The van der Waals surface area contributed by atoms with Crippen LogP contribution in [-0.2, 0) is 14.3 Å². The zero-order valence-electron chi connectivity index (χ0n) is 15.5. The highest BCUT2D eigenvalue weighted by molar-refractivity contribution is 5.91. The predicted molar refractivity (Wildman–Crippen MR) is 95.8 cm³/mol. The molecular weight excluding hydrogens is 312 g/mol. The monoisotopic (exact) mass is 342 g/mol.